The second-order valence-electron chi connectivity index (χ2n) is 7.17. The van der Waals surface area contributed by atoms with Crippen LogP contribution < -0.4 is 20.3 Å². The van der Waals surface area contributed by atoms with E-state index in [1.165, 1.54) is 6.08 Å². The van der Waals surface area contributed by atoms with Crippen molar-refractivity contribution in [2.75, 3.05) is 16.8 Å². The summed E-state index contributed by atoms with van der Waals surface area (Å²) in [4.78, 5) is 51.0. The Bertz CT molecular complexity index is 1290. The van der Waals surface area contributed by atoms with Gasteiger partial charge in [0.25, 0.3) is 17.7 Å². The zero-order valence-electron chi connectivity index (χ0n) is 17.7. The molecule has 0 spiro atoms. The molecule has 3 aromatic rings. The maximum absolute atomic E-state index is 13.1. The Morgan fingerprint density at radius 2 is 1.62 bits per heavy atom. The van der Waals surface area contributed by atoms with Crippen LogP contribution in [0.1, 0.15) is 5.56 Å². The number of hydrogen-bond donors (Lipinski definition) is 2. The van der Waals surface area contributed by atoms with Crippen molar-refractivity contribution in [3.05, 3.63) is 94.5 Å². The lowest BCUT2D eigenvalue weighted by Crippen LogP contribution is -2.54. The van der Waals surface area contributed by atoms with Gasteiger partial charge in [-0.2, -0.15) is 0 Å². The van der Waals surface area contributed by atoms with Gasteiger partial charge in [-0.05, 0) is 48.5 Å². The van der Waals surface area contributed by atoms with E-state index in [2.05, 4.69) is 26.6 Å². The molecule has 1 aliphatic heterocycles. The molecule has 4 rings (SSSR count). The van der Waals surface area contributed by atoms with Crippen molar-refractivity contribution in [1.82, 2.24) is 5.32 Å². The van der Waals surface area contributed by atoms with Crippen LogP contribution in [0.4, 0.5) is 16.2 Å². The third-order valence-electron chi connectivity index (χ3n) is 4.82. The molecule has 5 amide bonds. The third kappa shape index (κ3) is 5.21. The average Bonchev–Trinajstić information content (AvgIpc) is 2.83. The summed E-state index contributed by atoms with van der Waals surface area (Å²) in [7, 11) is 0. The van der Waals surface area contributed by atoms with Crippen LogP contribution in [0.25, 0.3) is 6.08 Å². The molecule has 1 saturated heterocycles. The van der Waals surface area contributed by atoms with Gasteiger partial charge >= 0.3 is 6.03 Å². The summed E-state index contributed by atoms with van der Waals surface area (Å²) in [5.41, 5.74) is 1.10. The average molecular weight is 520 g/mol. The summed E-state index contributed by atoms with van der Waals surface area (Å²) in [5.74, 6) is -1.66. The summed E-state index contributed by atoms with van der Waals surface area (Å²) in [6, 6.07) is 21.3. The smallest absolute Gasteiger partial charge is 0.335 e. The van der Waals surface area contributed by atoms with Crippen LogP contribution in [-0.2, 0) is 14.4 Å². The highest BCUT2D eigenvalue weighted by Gasteiger charge is 2.36. The number of anilines is 2. The molecule has 0 atom stereocenters. The number of nitrogens with zero attached hydrogens (tertiary/aromatic N) is 1. The van der Waals surface area contributed by atoms with Gasteiger partial charge in [0.05, 0.1) is 5.69 Å². The first-order valence-electron chi connectivity index (χ1n) is 10.2. The number of amides is 5. The first-order valence-corrected chi connectivity index (χ1v) is 11.0. The monoisotopic (exact) mass is 519 g/mol. The number of carbonyl (C=O) groups is 4. The first-order chi connectivity index (χ1) is 16.4. The predicted octanol–water partition coefficient (Wildman–Crippen LogP) is 4.13. The molecule has 8 nitrogen and oxygen atoms in total. The van der Waals surface area contributed by atoms with Gasteiger partial charge in [0, 0.05) is 15.7 Å². The molecule has 3 aromatic carbocycles. The minimum atomic E-state index is -0.836. The highest BCUT2D eigenvalue weighted by molar-refractivity contribution is 9.10. The Morgan fingerprint density at radius 3 is 2.35 bits per heavy atom. The van der Waals surface area contributed by atoms with Gasteiger partial charge in [0.2, 0.25) is 0 Å². The van der Waals surface area contributed by atoms with Gasteiger partial charge < -0.3 is 10.1 Å². The van der Waals surface area contributed by atoms with Crippen LogP contribution in [0.5, 0.6) is 5.75 Å². The van der Waals surface area contributed by atoms with E-state index in [1.54, 1.807) is 72.8 Å². The number of benzene rings is 3. The summed E-state index contributed by atoms with van der Waals surface area (Å²) in [6.45, 7) is -0.279. The normalized spacial score (nSPS) is 14.7. The number of urea groups is 1. The molecule has 34 heavy (non-hydrogen) atoms. The minimum absolute atomic E-state index is 0.243. The quantitative estimate of drug-likeness (QED) is 0.376. The fraction of sp³-hybridized carbons (Fsp3) is 0.0400. The molecule has 1 fully saturated rings. The van der Waals surface area contributed by atoms with E-state index in [1.807, 2.05) is 6.07 Å². The number of nitrogens with one attached hydrogen (secondary N) is 2. The Kier molecular flexibility index (Phi) is 6.84. The summed E-state index contributed by atoms with van der Waals surface area (Å²) < 4.78 is 6.42. The lowest BCUT2D eigenvalue weighted by Gasteiger charge is -2.26. The van der Waals surface area contributed by atoms with E-state index in [9.17, 15) is 19.2 Å². The van der Waals surface area contributed by atoms with Crippen LogP contribution in [-0.4, -0.2) is 30.4 Å². The van der Waals surface area contributed by atoms with E-state index < -0.39 is 17.8 Å². The van der Waals surface area contributed by atoms with Gasteiger partial charge in [0.15, 0.2) is 6.61 Å². The molecule has 170 valence electrons. The molecule has 1 heterocycles. The highest BCUT2D eigenvalue weighted by Crippen LogP contribution is 2.26. The molecule has 2 N–H and O–H groups in total. The standard InChI is InChI=1S/C25H18BrN3O5/c26-17-10-12-19(13-11-17)29-24(32)20(23(31)28-25(29)33)14-16-6-4-5-9-21(16)34-15-22(30)27-18-7-2-1-3-8-18/h1-14H,15H2,(H,27,30)(H,28,31,33)/b20-14+. The zero-order chi connectivity index (χ0) is 24.1. The third-order valence-corrected chi connectivity index (χ3v) is 5.35. The molecule has 0 unspecified atom stereocenters. The Labute approximate surface area is 203 Å². The molecule has 0 aromatic heterocycles. The van der Waals surface area contributed by atoms with Gasteiger partial charge in [0.1, 0.15) is 11.3 Å². The van der Waals surface area contributed by atoms with Crippen molar-refractivity contribution >= 4 is 57.1 Å². The van der Waals surface area contributed by atoms with Crippen LogP contribution in [0, 0.1) is 0 Å². The van der Waals surface area contributed by atoms with Crippen LogP contribution in [0.3, 0.4) is 0 Å². The van der Waals surface area contributed by atoms with Crippen molar-refractivity contribution in [3.8, 4) is 5.75 Å². The number of rotatable bonds is 6. The predicted molar refractivity (Wildman–Crippen MR) is 130 cm³/mol. The van der Waals surface area contributed by atoms with Crippen LogP contribution in [0.15, 0.2) is 88.9 Å². The van der Waals surface area contributed by atoms with Crippen LogP contribution >= 0.6 is 15.9 Å². The number of carbonyl (C=O) groups excluding carboxylic acids is 4. The zero-order valence-corrected chi connectivity index (χ0v) is 19.2. The van der Waals surface area contributed by atoms with Crippen molar-refractivity contribution in [2.24, 2.45) is 0 Å². The molecular formula is C25H18BrN3O5. The fourth-order valence-corrected chi connectivity index (χ4v) is 3.50. The van der Waals surface area contributed by atoms with E-state index in [0.29, 0.717) is 22.7 Å². The molecule has 0 saturated carbocycles. The van der Waals surface area contributed by atoms with Crippen LogP contribution in [0.2, 0.25) is 0 Å². The second kappa shape index (κ2) is 10.1. The van der Waals surface area contributed by atoms with Crippen molar-refractivity contribution < 1.29 is 23.9 Å². The maximum atomic E-state index is 13.1. The maximum Gasteiger partial charge on any atom is 0.335 e. The minimum Gasteiger partial charge on any atom is -0.483 e. The topological polar surface area (TPSA) is 105 Å². The SMILES string of the molecule is O=C(COc1ccccc1/C=C1\C(=O)NC(=O)N(c2ccc(Br)cc2)C1=O)Nc1ccccc1. The Morgan fingerprint density at radius 1 is 0.941 bits per heavy atom. The van der Waals surface area contributed by atoms with E-state index in [-0.39, 0.29) is 18.1 Å². The Balaban J connectivity index is 1.55. The largest absolute Gasteiger partial charge is 0.483 e. The molecule has 1 aliphatic rings. The number of para-hydroxylation sites is 2. The van der Waals surface area contributed by atoms with E-state index >= 15 is 0 Å². The Hall–Kier alpha value is -4.24. The van der Waals surface area contributed by atoms with Gasteiger partial charge in [-0.3, -0.25) is 19.7 Å². The molecule has 0 radical (unpaired) electrons. The molecular weight excluding hydrogens is 502 g/mol. The molecule has 0 bridgehead atoms. The number of halogens is 1. The first kappa shape index (κ1) is 22.9. The lowest BCUT2D eigenvalue weighted by atomic mass is 10.1. The number of hydrogen-bond acceptors (Lipinski definition) is 5. The summed E-state index contributed by atoms with van der Waals surface area (Å²) in [5, 5.41) is 4.90. The van der Waals surface area contributed by atoms with Crippen molar-refractivity contribution in [2.45, 2.75) is 0 Å². The van der Waals surface area contributed by atoms with Gasteiger partial charge in [-0.15, -0.1) is 0 Å². The number of imide groups is 2. The van der Waals surface area contributed by atoms with Crippen molar-refractivity contribution in [3.63, 3.8) is 0 Å². The second-order valence-corrected chi connectivity index (χ2v) is 8.09. The van der Waals surface area contributed by atoms with E-state index in [0.717, 1.165) is 9.37 Å². The van der Waals surface area contributed by atoms with E-state index in [4.69, 9.17) is 4.74 Å². The summed E-state index contributed by atoms with van der Waals surface area (Å²) >= 11 is 3.30. The highest BCUT2D eigenvalue weighted by atomic mass is 79.9. The number of barbiturate groups is 1. The van der Waals surface area contributed by atoms with Gasteiger partial charge in [-0.1, -0.05) is 52.3 Å². The molecule has 9 heteroatoms. The fourth-order valence-electron chi connectivity index (χ4n) is 3.23. The van der Waals surface area contributed by atoms with Crippen molar-refractivity contribution in [1.29, 1.82) is 0 Å². The lowest BCUT2D eigenvalue weighted by molar-refractivity contribution is -0.122. The number of ether oxygens (including phenoxy) is 1. The summed E-state index contributed by atoms with van der Waals surface area (Å²) in [6.07, 6.45) is 1.33. The van der Waals surface area contributed by atoms with Gasteiger partial charge in [-0.25, -0.2) is 9.69 Å². The molecule has 0 aliphatic carbocycles.